The topological polar surface area (TPSA) is 76.1 Å². The molecule has 0 radical (unpaired) electrons. The molecule has 6 nitrogen and oxygen atoms in total. The van der Waals surface area contributed by atoms with Crippen molar-refractivity contribution in [2.45, 2.75) is 31.8 Å². The molecule has 6 heteroatoms. The highest BCUT2D eigenvalue weighted by atomic mass is 16.5. The van der Waals surface area contributed by atoms with Gasteiger partial charge in [0.25, 0.3) is 0 Å². The number of amides is 1. The number of carboxylic acids is 1. The Hall–Kier alpha value is -1.92. The Morgan fingerprint density at radius 3 is 2.96 bits per heavy atom. The zero-order chi connectivity index (χ0) is 17.9. The van der Waals surface area contributed by atoms with Crippen LogP contribution in [0, 0.1) is 5.41 Å². The normalized spacial score (nSPS) is 26.1. The fraction of sp³-hybridized carbons (Fsp3) is 0.579. The molecule has 1 N–H and O–H groups in total. The van der Waals surface area contributed by atoms with E-state index in [1.165, 1.54) is 12.7 Å². The van der Waals surface area contributed by atoms with Crippen LogP contribution >= 0.6 is 0 Å². The van der Waals surface area contributed by atoms with Crippen molar-refractivity contribution in [3.05, 3.63) is 35.4 Å². The highest BCUT2D eigenvalue weighted by Crippen LogP contribution is 2.34. The molecule has 2 heterocycles. The lowest BCUT2D eigenvalue weighted by Crippen LogP contribution is -2.52. The van der Waals surface area contributed by atoms with Crippen molar-refractivity contribution in [3.8, 4) is 0 Å². The number of fused-ring (bicyclic) bond motifs is 1. The number of methoxy groups -OCH3 is 1. The summed E-state index contributed by atoms with van der Waals surface area (Å²) >= 11 is 0. The second kappa shape index (κ2) is 7.54. The molecular weight excluding hydrogens is 322 g/mol. The predicted octanol–water partition coefficient (Wildman–Crippen LogP) is 2.03. The number of likely N-dealkylation sites (tertiary alicyclic amines) is 1. The largest absolute Gasteiger partial charge is 0.481 e. The summed E-state index contributed by atoms with van der Waals surface area (Å²) in [5, 5.41) is 9.63. The van der Waals surface area contributed by atoms with Crippen molar-refractivity contribution in [1.82, 2.24) is 4.90 Å². The number of carbonyl (C=O) groups excluding carboxylic acids is 1. The maximum atomic E-state index is 12.8. The van der Waals surface area contributed by atoms with E-state index in [4.69, 9.17) is 9.47 Å². The Bertz CT molecular complexity index is 642. The number of carboxylic acid groups (broad SMARTS) is 1. The SMILES string of the molecule is COCC1(C(=O)O)CCCN(C(=O)CC2OCCc3ccccc32)C1. The molecule has 3 rings (SSSR count). The minimum atomic E-state index is -1.01. The van der Waals surface area contributed by atoms with Crippen molar-refractivity contribution < 1.29 is 24.2 Å². The van der Waals surface area contributed by atoms with Crippen LogP contribution in [-0.2, 0) is 25.5 Å². The van der Waals surface area contributed by atoms with E-state index in [0.29, 0.717) is 26.0 Å². The van der Waals surface area contributed by atoms with Crippen LogP contribution in [0.15, 0.2) is 24.3 Å². The lowest BCUT2D eigenvalue weighted by Gasteiger charge is -2.40. The van der Waals surface area contributed by atoms with E-state index in [9.17, 15) is 14.7 Å². The van der Waals surface area contributed by atoms with Crippen molar-refractivity contribution in [3.63, 3.8) is 0 Å². The standard InChI is InChI=1S/C19H25NO5/c1-24-13-19(18(22)23)8-4-9-20(12-19)17(21)11-16-15-6-3-2-5-14(15)7-10-25-16/h2-3,5-6,16H,4,7-13H2,1H3,(H,22,23). The first-order valence-corrected chi connectivity index (χ1v) is 8.75. The van der Waals surface area contributed by atoms with Gasteiger partial charge in [-0.3, -0.25) is 9.59 Å². The van der Waals surface area contributed by atoms with Crippen LogP contribution in [0.5, 0.6) is 0 Å². The van der Waals surface area contributed by atoms with Crippen molar-refractivity contribution in [1.29, 1.82) is 0 Å². The summed E-state index contributed by atoms with van der Waals surface area (Å²) in [5.74, 6) is -0.950. The lowest BCUT2D eigenvalue weighted by molar-refractivity contribution is -0.159. The summed E-state index contributed by atoms with van der Waals surface area (Å²) < 4.78 is 11.0. The highest BCUT2D eigenvalue weighted by Gasteiger charge is 2.44. The summed E-state index contributed by atoms with van der Waals surface area (Å²) in [6.07, 6.45) is 2.06. The van der Waals surface area contributed by atoms with Gasteiger partial charge in [0.15, 0.2) is 0 Å². The van der Waals surface area contributed by atoms with E-state index in [1.807, 2.05) is 18.2 Å². The monoisotopic (exact) mass is 347 g/mol. The second-order valence-corrected chi connectivity index (χ2v) is 6.95. The lowest BCUT2D eigenvalue weighted by atomic mass is 9.80. The molecule has 0 bridgehead atoms. The molecule has 0 spiro atoms. The van der Waals surface area contributed by atoms with Gasteiger partial charge < -0.3 is 19.5 Å². The number of piperidine rings is 1. The summed E-state index contributed by atoms with van der Waals surface area (Å²) in [5.41, 5.74) is 1.29. The molecule has 25 heavy (non-hydrogen) atoms. The number of carbonyl (C=O) groups is 2. The van der Waals surface area contributed by atoms with Gasteiger partial charge >= 0.3 is 5.97 Å². The van der Waals surface area contributed by atoms with E-state index in [0.717, 1.165) is 12.0 Å². The molecule has 1 amide bonds. The van der Waals surface area contributed by atoms with Gasteiger partial charge in [0.2, 0.25) is 5.91 Å². The van der Waals surface area contributed by atoms with Crippen molar-refractivity contribution in [2.24, 2.45) is 5.41 Å². The van der Waals surface area contributed by atoms with Gasteiger partial charge in [0.1, 0.15) is 5.41 Å². The number of nitrogens with zero attached hydrogens (tertiary/aromatic N) is 1. The zero-order valence-corrected chi connectivity index (χ0v) is 14.6. The van der Waals surface area contributed by atoms with Gasteiger partial charge in [0.05, 0.1) is 25.7 Å². The van der Waals surface area contributed by atoms with Crippen LogP contribution in [-0.4, -0.2) is 55.3 Å². The molecule has 0 saturated carbocycles. The van der Waals surface area contributed by atoms with Crippen molar-refractivity contribution in [2.75, 3.05) is 33.4 Å². The average Bonchev–Trinajstić information content (AvgIpc) is 2.62. The first-order valence-electron chi connectivity index (χ1n) is 8.75. The number of aliphatic carboxylic acids is 1. The number of rotatable bonds is 5. The Balaban J connectivity index is 1.70. The van der Waals surface area contributed by atoms with E-state index in [1.54, 1.807) is 4.90 Å². The van der Waals surface area contributed by atoms with Gasteiger partial charge in [-0.25, -0.2) is 0 Å². The first-order chi connectivity index (χ1) is 12.1. The fourth-order valence-electron chi connectivity index (χ4n) is 3.91. The van der Waals surface area contributed by atoms with Crippen LogP contribution in [0.2, 0.25) is 0 Å². The number of hydrogen-bond donors (Lipinski definition) is 1. The summed E-state index contributed by atoms with van der Waals surface area (Å²) in [6, 6.07) is 8.04. The van der Waals surface area contributed by atoms with Gasteiger partial charge in [-0.15, -0.1) is 0 Å². The van der Waals surface area contributed by atoms with Crippen molar-refractivity contribution >= 4 is 11.9 Å². The Labute approximate surface area is 147 Å². The molecule has 2 aliphatic rings. The maximum absolute atomic E-state index is 12.8. The molecule has 1 saturated heterocycles. The molecule has 0 aromatic heterocycles. The third-order valence-electron chi connectivity index (χ3n) is 5.26. The van der Waals surface area contributed by atoms with E-state index in [2.05, 4.69) is 6.07 Å². The Morgan fingerprint density at radius 1 is 1.40 bits per heavy atom. The number of hydrogen-bond acceptors (Lipinski definition) is 4. The van der Waals surface area contributed by atoms with Crippen LogP contribution in [0.4, 0.5) is 0 Å². The minimum absolute atomic E-state index is 0.0527. The van der Waals surface area contributed by atoms with Crippen LogP contribution < -0.4 is 0 Å². The van der Waals surface area contributed by atoms with E-state index in [-0.39, 0.29) is 31.6 Å². The quantitative estimate of drug-likeness (QED) is 0.882. The van der Waals surface area contributed by atoms with Crippen LogP contribution in [0.3, 0.4) is 0 Å². The molecule has 1 aromatic carbocycles. The summed E-state index contributed by atoms with van der Waals surface area (Å²) in [7, 11) is 1.50. The summed E-state index contributed by atoms with van der Waals surface area (Å²) in [4.78, 5) is 26.2. The van der Waals surface area contributed by atoms with Crippen LogP contribution in [0.1, 0.15) is 36.5 Å². The molecule has 0 aliphatic carbocycles. The smallest absolute Gasteiger partial charge is 0.313 e. The average molecular weight is 347 g/mol. The number of ether oxygens (including phenoxy) is 2. The molecular formula is C19H25NO5. The Kier molecular flexibility index (Phi) is 5.39. The van der Waals surface area contributed by atoms with Gasteiger partial charge in [-0.05, 0) is 30.4 Å². The highest BCUT2D eigenvalue weighted by molar-refractivity contribution is 5.80. The van der Waals surface area contributed by atoms with Gasteiger partial charge in [0, 0.05) is 20.2 Å². The molecule has 1 aromatic rings. The zero-order valence-electron chi connectivity index (χ0n) is 14.6. The van der Waals surface area contributed by atoms with Gasteiger partial charge in [-0.2, -0.15) is 0 Å². The third kappa shape index (κ3) is 3.70. The molecule has 2 aliphatic heterocycles. The third-order valence-corrected chi connectivity index (χ3v) is 5.26. The number of benzene rings is 1. The molecule has 2 atom stereocenters. The maximum Gasteiger partial charge on any atom is 0.313 e. The summed E-state index contributed by atoms with van der Waals surface area (Å²) in [6.45, 7) is 1.52. The van der Waals surface area contributed by atoms with Crippen LogP contribution in [0.25, 0.3) is 0 Å². The molecule has 2 unspecified atom stereocenters. The molecule has 136 valence electrons. The molecule has 1 fully saturated rings. The van der Waals surface area contributed by atoms with E-state index < -0.39 is 11.4 Å². The van der Waals surface area contributed by atoms with Gasteiger partial charge in [-0.1, -0.05) is 24.3 Å². The second-order valence-electron chi connectivity index (χ2n) is 6.95. The predicted molar refractivity (Wildman–Crippen MR) is 91.2 cm³/mol. The first kappa shape index (κ1) is 17.9. The Morgan fingerprint density at radius 2 is 2.20 bits per heavy atom. The minimum Gasteiger partial charge on any atom is -0.481 e. The van der Waals surface area contributed by atoms with E-state index >= 15 is 0 Å². The fourth-order valence-corrected chi connectivity index (χ4v) is 3.91.